The minimum absolute atomic E-state index is 0.0534. The number of rotatable bonds is 6. The summed E-state index contributed by atoms with van der Waals surface area (Å²) in [6.45, 7) is 1.87. The summed E-state index contributed by atoms with van der Waals surface area (Å²) >= 11 is 4.91. The van der Waals surface area contributed by atoms with Crippen molar-refractivity contribution in [1.82, 2.24) is 29.9 Å². The number of halogens is 1. The van der Waals surface area contributed by atoms with Gasteiger partial charge in [-0.3, -0.25) is 29.5 Å². The second kappa shape index (κ2) is 20.0. The van der Waals surface area contributed by atoms with Gasteiger partial charge < -0.3 is 10.1 Å². The molecule has 0 fully saturated rings. The van der Waals surface area contributed by atoms with E-state index in [1.54, 1.807) is 12.4 Å². The summed E-state index contributed by atoms with van der Waals surface area (Å²) in [7, 11) is 0. The maximum Gasteiger partial charge on any atom is 0.251 e. The number of aldehydes is 1. The van der Waals surface area contributed by atoms with Crippen LogP contribution in [0.3, 0.4) is 0 Å². The number of aliphatic hydroxyl groups excluding tert-OH is 1. The van der Waals surface area contributed by atoms with Gasteiger partial charge in [0, 0.05) is 74.7 Å². The van der Waals surface area contributed by atoms with Crippen LogP contribution in [-0.2, 0) is 17.7 Å². The molecule has 0 spiro atoms. The Hall–Kier alpha value is -6.14. The SMILES string of the molecule is BrCc1cnc2ccccc2c1.Cc1cc(=O)[nH]c(SCc2cnc3ccccc3c2)n1.O=Cc1cnc2ccccc2c1.OCc1cnc2ccccc2c1. The number of nitrogens with one attached hydrogen (secondary N) is 1. The van der Waals surface area contributed by atoms with Gasteiger partial charge in [-0.2, -0.15) is 0 Å². The van der Waals surface area contributed by atoms with Gasteiger partial charge in [0.2, 0.25) is 0 Å². The topological polar surface area (TPSA) is 135 Å². The molecular weight excluding hydrogens is 785 g/mol. The van der Waals surface area contributed by atoms with E-state index in [-0.39, 0.29) is 12.2 Å². The third-order valence-electron chi connectivity index (χ3n) is 8.25. The predicted octanol–water partition coefficient (Wildman–Crippen LogP) is 9.82. The molecule has 278 valence electrons. The number of aliphatic hydroxyl groups is 1. The molecule has 0 aliphatic rings. The number of carbonyl (C=O) groups is 1. The summed E-state index contributed by atoms with van der Waals surface area (Å²) in [6, 6.07) is 41.2. The Morgan fingerprint density at radius 3 is 1.57 bits per heavy atom. The van der Waals surface area contributed by atoms with Crippen LogP contribution >= 0.6 is 27.7 Å². The van der Waals surface area contributed by atoms with Gasteiger partial charge in [0.15, 0.2) is 11.4 Å². The van der Waals surface area contributed by atoms with Gasteiger partial charge in [0.25, 0.3) is 5.56 Å². The molecule has 0 saturated heterocycles. The molecule has 0 bridgehead atoms. The molecule has 0 atom stereocenters. The lowest BCUT2D eigenvalue weighted by Crippen LogP contribution is -2.08. The number of aromatic nitrogens is 6. The van der Waals surface area contributed by atoms with Crippen LogP contribution in [-0.4, -0.2) is 41.3 Å². The number of hydrogen-bond acceptors (Lipinski definition) is 9. The van der Waals surface area contributed by atoms with Crippen LogP contribution in [0.25, 0.3) is 43.6 Å². The van der Waals surface area contributed by atoms with Crippen molar-refractivity contribution < 1.29 is 9.90 Å². The number of hydrogen-bond donors (Lipinski definition) is 2. The molecule has 4 aromatic carbocycles. The number of aryl methyl sites for hydroxylation is 1. The molecular formula is C45H37BrN6O3S. The summed E-state index contributed by atoms with van der Waals surface area (Å²) in [5.41, 5.74) is 8.35. The molecule has 5 heterocycles. The van der Waals surface area contributed by atoms with Crippen molar-refractivity contribution in [2.75, 3.05) is 0 Å². The summed E-state index contributed by atoms with van der Waals surface area (Å²) in [4.78, 5) is 45.9. The van der Waals surface area contributed by atoms with Crippen LogP contribution in [0.4, 0.5) is 0 Å². The lowest BCUT2D eigenvalue weighted by Gasteiger charge is -2.03. The highest BCUT2D eigenvalue weighted by atomic mass is 79.9. The third-order valence-corrected chi connectivity index (χ3v) is 9.84. The van der Waals surface area contributed by atoms with E-state index >= 15 is 0 Å². The second-order valence-corrected chi connectivity index (χ2v) is 14.0. The Bertz CT molecular complexity index is 2700. The van der Waals surface area contributed by atoms with Gasteiger partial charge in [0.1, 0.15) is 0 Å². The van der Waals surface area contributed by atoms with Gasteiger partial charge in [0.05, 0.1) is 28.7 Å². The number of fused-ring (bicyclic) bond motifs is 4. The van der Waals surface area contributed by atoms with E-state index in [1.165, 1.54) is 28.8 Å². The fourth-order valence-corrected chi connectivity index (χ4v) is 6.66. The third kappa shape index (κ3) is 11.2. The first-order valence-electron chi connectivity index (χ1n) is 17.6. The first-order chi connectivity index (χ1) is 27.4. The smallest absolute Gasteiger partial charge is 0.251 e. The molecule has 0 aliphatic carbocycles. The van der Waals surface area contributed by atoms with Crippen molar-refractivity contribution in [1.29, 1.82) is 0 Å². The maximum atomic E-state index is 11.4. The summed E-state index contributed by atoms with van der Waals surface area (Å²) < 4.78 is 0. The Balaban J connectivity index is 0.000000130. The molecule has 0 saturated carbocycles. The fraction of sp³-hybridized carbons (Fsp3) is 0.0889. The molecule has 0 unspecified atom stereocenters. The van der Waals surface area contributed by atoms with Crippen LogP contribution in [0.1, 0.15) is 32.7 Å². The number of nitrogens with zero attached hydrogens (tertiary/aromatic N) is 5. The quantitative estimate of drug-likeness (QED) is 0.0728. The van der Waals surface area contributed by atoms with Gasteiger partial charge >= 0.3 is 0 Å². The van der Waals surface area contributed by atoms with Crippen molar-refractivity contribution in [2.24, 2.45) is 0 Å². The fourth-order valence-electron chi connectivity index (χ4n) is 5.51. The summed E-state index contributed by atoms with van der Waals surface area (Å²) in [5, 5.41) is 14.8. The number of carbonyl (C=O) groups excluding carboxylic acids is 1. The van der Waals surface area contributed by atoms with Crippen molar-refractivity contribution in [2.45, 2.75) is 29.8 Å². The largest absolute Gasteiger partial charge is 0.392 e. The Labute approximate surface area is 336 Å². The van der Waals surface area contributed by atoms with Crippen LogP contribution in [0.15, 0.2) is 162 Å². The highest BCUT2D eigenvalue weighted by molar-refractivity contribution is 9.08. The van der Waals surface area contributed by atoms with Crippen molar-refractivity contribution in [3.63, 3.8) is 0 Å². The van der Waals surface area contributed by atoms with Gasteiger partial charge in [-0.15, -0.1) is 0 Å². The number of aromatic amines is 1. The average Bonchev–Trinajstić information content (AvgIpc) is 3.25. The first-order valence-corrected chi connectivity index (χ1v) is 19.7. The molecule has 0 aliphatic heterocycles. The molecule has 9 nitrogen and oxygen atoms in total. The minimum atomic E-state index is -0.114. The zero-order chi connectivity index (χ0) is 39.1. The highest BCUT2D eigenvalue weighted by Crippen LogP contribution is 2.21. The van der Waals surface area contributed by atoms with E-state index in [1.807, 2.05) is 122 Å². The van der Waals surface area contributed by atoms with E-state index in [2.05, 4.69) is 64.0 Å². The zero-order valence-corrected chi connectivity index (χ0v) is 32.8. The average molecular weight is 822 g/mol. The number of para-hydroxylation sites is 4. The number of pyridine rings is 4. The number of benzene rings is 4. The molecule has 5 aromatic heterocycles. The van der Waals surface area contributed by atoms with Crippen molar-refractivity contribution in [3.05, 3.63) is 190 Å². The zero-order valence-electron chi connectivity index (χ0n) is 30.4. The lowest BCUT2D eigenvalue weighted by atomic mass is 10.2. The predicted molar refractivity (Wildman–Crippen MR) is 230 cm³/mol. The molecule has 56 heavy (non-hydrogen) atoms. The lowest BCUT2D eigenvalue weighted by molar-refractivity contribution is 0.112. The Kier molecular flexibility index (Phi) is 14.1. The standard InChI is InChI=1S/C15H13N3OS.C10H8BrN.C10H9NO.C10H7NO/c1-10-6-14(19)18-15(17-10)20-9-11-7-12-4-2-3-5-13(12)16-8-11;11-6-8-5-9-3-1-2-4-10(9)12-7-8;2*12-7-8-5-9-3-1-2-4-10(9)11-6-8/h2-8H,9H2,1H3,(H,17,18,19);1-5,7H,6H2;1-6,12H,7H2;1-7H. The molecule has 9 aromatic rings. The van der Waals surface area contributed by atoms with Gasteiger partial charge in [-0.05, 0) is 72.1 Å². The molecule has 2 N–H and O–H groups in total. The summed E-state index contributed by atoms with van der Waals surface area (Å²) in [6.07, 6.45) is 7.84. The van der Waals surface area contributed by atoms with Crippen molar-refractivity contribution >= 4 is 77.6 Å². The van der Waals surface area contributed by atoms with Crippen LogP contribution in [0, 0.1) is 6.92 Å². The number of thioether (sulfide) groups is 1. The minimum Gasteiger partial charge on any atom is -0.392 e. The number of alkyl halides is 1. The summed E-state index contributed by atoms with van der Waals surface area (Å²) in [5.74, 6) is 0.726. The highest BCUT2D eigenvalue weighted by Gasteiger charge is 2.03. The van der Waals surface area contributed by atoms with Crippen LogP contribution < -0.4 is 5.56 Å². The molecule has 0 radical (unpaired) electrons. The monoisotopic (exact) mass is 820 g/mol. The Morgan fingerprint density at radius 2 is 1.07 bits per heavy atom. The first kappa shape index (κ1) is 39.6. The second-order valence-electron chi connectivity index (χ2n) is 12.5. The van der Waals surface area contributed by atoms with Crippen molar-refractivity contribution in [3.8, 4) is 0 Å². The van der Waals surface area contributed by atoms with Crippen LogP contribution in [0.5, 0.6) is 0 Å². The maximum absolute atomic E-state index is 11.4. The van der Waals surface area contributed by atoms with E-state index in [9.17, 15) is 9.59 Å². The van der Waals surface area contributed by atoms with Gasteiger partial charge in [-0.25, -0.2) is 4.98 Å². The molecule has 0 amide bonds. The van der Waals surface area contributed by atoms with E-state index in [0.717, 1.165) is 72.4 Å². The number of H-pyrrole nitrogens is 1. The molecule has 11 heteroatoms. The normalized spacial score (nSPS) is 10.5. The van der Waals surface area contributed by atoms with E-state index in [0.29, 0.717) is 10.7 Å². The van der Waals surface area contributed by atoms with E-state index < -0.39 is 0 Å². The molecule has 9 rings (SSSR count). The van der Waals surface area contributed by atoms with Crippen LogP contribution in [0.2, 0.25) is 0 Å². The Morgan fingerprint density at radius 1 is 0.625 bits per heavy atom. The van der Waals surface area contributed by atoms with Gasteiger partial charge in [-0.1, -0.05) is 100 Å². The van der Waals surface area contributed by atoms with E-state index in [4.69, 9.17) is 5.11 Å².